The minimum atomic E-state index is 0.0560. The molecular weight excluding hydrogens is 530 g/mol. The molecule has 218 valence electrons. The maximum atomic E-state index is 5.91. The van der Waals surface area contributed by atoms with Crippen molar-refractivity contribution < 1.29 is 0 Å². The molecule has 0 spiro atoms. The summed E-state index contributed by atoms with van der Waals surface area (Å²) in [5.41, 5.74) is 17.5. The largest absolute Gasteiger partial charge is 0.326 e. The van der Waals surface area contributed by atoms with Crippen molar-refractivity contribution in [2.45, 2.75) is 58.9 Å². The summed E-state index contributed by atoms with van der Waals surface area (Å²) in [6.07, 6.45) is 0. The maximum absolute atomic E-state index is 5.91. The van der Waals surface area contributed by atoms with Crippen LogP contribution in [-0.2, 0) is 17.4 Å². The molecule has 0 aliphatic carbocycles. The Balaban J connectivity index is 1.58. The smallest absolute Gasteiger partial charge is 0.0178 e. The van der Waals surface area contributed by atoms with Crippen molar-refractivity contribution >= 4 is 32.3 Å². The van der Waals surface area contributed by atoms with Crippen molar-refractivity contribution in [3.63, 3.8) is 0 Å². The molecule has 0 aromatic heterocycles. The van der Waals surface area contributed by atoms with E-state index in [9.17, 15) is 0 Å². The SMILES string of the molecule is CC(C)(C)c1cccc(-c2cc3ccc4ccc(-c5ccc(CN)cc5)c5ccc(c2-c2cccc(C(C)(C)C)c2)c3c45)c1. The summed E-state index contributed by atoms with van der Waals surface area (Å²) >= 11 is 0. The number of benzene rings is 7. The van der Waals surface area contributed by atoms with Crippen LogP contribution in [0.4, 0.5) is 0 Å². The highest BCUT2D eigenvalue weighted by molar-refractivity contribution is 6.29. The quantitative estimate of drug-likeness (QED) is 0.209. The van der Waals surface area contributed by atoms with Crippen LogP contribution in [0.2, 0.25) is 0 Å². The fourth-order valence-electron chi connectivity index (χ4n) is 6.78. The van der Waals surface area contributed by atoms with Gasteiger partial charge in [-0.05, 0) is 99.3 Å². The fraction of sp³-hybridized carbons (Fsp3) is 0.209. The molecule has 0 unspecified atom stereocenters. The molecule has 7 aromatic carbocycles. The van der Waals surface area contributed by atoms with Crippen molar-refractivity contribution in [3.05, 3.63) is 132 Å². The van der Waals surface area contributed by atoms with E-state index in [0.717, 1.165) is 5.56 Å². The van der Waals surface area contributed by atoms with Crippen LogP contribution in [0.1, 0.15) is 58.2 Å². The van der Waals surface area contributed by atoms with Gasteiger partial charge in [-0.25, -0.2) is 0 Å². The highest BCUT2D eigenvalue weighted by Gasteiger charge is 2.22. The predicted molar refractivity (Wildman–Crippen MR) is 192 cm³/mol. The first kappa shape index (κ1) is 28.3. The van der Waals surface area contributed by atoms with Crippen LogP contribution < -0.4 is 5.73 Å². The van der Waals surface area contributed by atoms with Crippen molar-refractivity contribution in [3.8, 4) is 33.4 Å². The third-order valence-corrected chi connectivity index (χ3v) is 9.34. The Morgan fingerprint density at radius 2 is 1.05 bits per heavy atom. The van der Waals surface area contributed by atoms with Gasteiger partial charge in [0.15, 0.2) is 0 Å². The van der Waals surface area contributed by atoms with Crippen molar-refractivity contribution in [1.82, 2.24) is 0 Å². The average molecular weight is 572 g/mol. The first-order chi connectivity index (χ1) is 21.0. The molecule has 0 radical (unpaired) electrons. The third kappa shape index (κ3) is 4.77. The Bertz CT molecular complexity index is 2150. The molecule has 0 heterocycles. The van der Waals surface area contributed by atoms with Crippen molar-refractivity contribution in [2.24, 2.45) is 5.73 Å². The van der Waals surface area contributed by atoms with E-state index in [0.29, 0.717) is 6.54 Å². The van der Waals surface area contributed by atoms with Gasteiger partial charge in [-0.3, -0.25) is 0 Å². The normalized spacial score (nSPS) is 12.5. The predicted octanol–water partition coefficient (Wildman–Crippen LogP) is 11.6. The summed E-state index contributed by atoms with van der Waals surface area (Å²) in [5.74, 6) is 0. The molecule has 1 nitrogen and oxygen atoms in total. The summed E-state index contributed by atoms with van der Waals surface area (Å²) in [6, 6.07) is 43.4. The molecule has 0 saturated heterocycles. The van der Waals surface area contributed by atoms with Gasteiger partial charge in [0.25, 0.3) is 0 Å². The van der Waals surface area contributed by atoms with Gasteiger partial charge in [0.1, 0.15) is 0 Å². The molecule has 7 rings (SSSR count). The van der Waals surface area contributed by atoms with E-state index in [4.69, 9.17) is 5.73 Å². The topological polar surface area (TPSA) is 26.0 Å². The molecule has 0 saturated carbocycles. The first-order valence-electron chi connectivity index (χ1n) is 15.8. The molecule has 0 fully saturated rings. The molecule has 0 aliphatic heterocycles. The molecule has 44 heavy (non-hydrogen) atoms. The van der Waals surface area contributed by atoms with Gasteiger partial charge in [0.05, 0.1) is 0 Å². The molecule has 1 heteroatoms. The molecule has 0 aliphatic rings. The summed E-state index contributed by atoms with van der Waals surface area (Å²) in [5, 5.41) is 7.82. The third-order valence-electron chi connectivity index (χ3n) is 9.34. The lowest BCUT2D eigenvalue weighted by atomic mass is 9.80. The second-order valence-corrected chi connectivity index (χ2v) is 14.4. The van der Waals surface area contributed by atoms with Crippen LogP contribution in [-0.4, -0.2) is 0 Å². The van der Waals surface area contributed by atoms with Gasteiger partial charge in [0, 0.05) is 6.54 Å². The molecule has 2 N–H and O–H groups in total. The lowest BCUT2D eigenvalue weighted by Gasteiger charge is -2.24. The zero-order chi connectivity index (χ0) is 30.8. The van der Waals surface area contributed by atoms with E-state index in [-0.39, 0.29) is 10.8 Å². The maximum Gasteiger partial charge on any atom is 0.0178 e. The lowest BCUT2D eigenvalue weighted by Crippen LogP contribution is -2.11. The Morgan fingerprint density at radius 1 is 0.477 bits per heavy atom. The van der Waals surface area contributed by atoms with Crippen LogP contribution in [0.25, 0.3) is 65.7 Å². The Kier molecular flexibility index (Phi) is 6.64. The molecule has 7 aromatic rings. The van der Waals surface area contributed by atoms with Gasteiger partial charge < -0.3 is 5.73 Å². The van der Waals surface area contributed by atoms with Gasteiger partial charge in [-0.2, -0.15) is 0 Å². The van der Waals surface area contributed by atoms with Crippen LogP contribution >= 0.6 is 0 Å². The van der Waals surface area contributed by atoms with Gasteiger partial charge >= 0.3 is 0 Å². The Labute approximate surface area is 261 Å². The second-order valence-electron chi connectivity index (χ2n) is 14.4. The van der Waals surface area contributed by atoms with Gasteiger partial charge in [-0.1, -0.05) is 151 Å². The zero-order valence-electron chi connectivity index (χ0n) is 26.8. The van der Waals surface area contributed by atoms with Gasteiger partial charge in [0.2, 0.25) is 0 Å². The Hall–Kier alpha value is -4.46. The molecular formula is C43H41N. The van der Waals surface area contributed by atoms with E-state index in [2.05, 4.69) is 157 Å². The van der Waals surface area contributed by atoms with Crippen molar-refractivity contribution in [2.75, 3.05) is 0 Å². The highest BCUT2D eigenvalue weighted by atomic mass is 14.5. The van der Waals surface area contributed by atoms with E-state index in [1.165, 1.54) is 76.8 Å². The fourth-order valence-corrected chi connectivity index (χ4v) is 6.78. The minimum Gasteiger partial charge on any atom is -0.326 e. The summed E-state index contributed by atoms with van der Waals surface area (Å²) in [4.78, 5) is 0. The van der Waals surface area contributed by atoms with E-state index in [1.54, 1.807) is 0 Å². The molecule has 0 amide bonds. The first-order valence-corrected chi connectivity index (χ1v) is 15.8. The van der Waals surface area contributed by atoms with Crippen LogP contribution in [0.15, 0.2) is 115 Å². The van der Waals surface area contributed by atoms with Crippen LogP contribution in [0, 0.1) is 0 Å². The average Bonchev–Trinajstić information content (AvgIpc) is 3.02. The monoisotopic (exact) mass is 571 g/mol. The zero-order valence-corrected chi connectivity index (χ0v) is 26.8. The summed E-state index contributed by atoms with van der Waals surface area (Å²) in [7, 11) is 0. The summed E-state index contributed by atoms with van der Waals surface area (Å²) < 4.78 is 0. The van der Waals surface area contributed by atoms with Gasteiger partial charge in [-0.15, -0.1) is 0 Å². The lowest BCUT2D eigenvalue weighted by molar-refractivity contribution is 0.590. The van der Waals surface area contributed by atoms with E-state index < -0.39 is 0 Å². The van der Waals surface area contributed by atoms with Crippen molar-refractivity contribution in [1.29, 1.82) is 0 Å². The summed E-state index contributed by atoms with van der Waals surface area (Å²) in [6.45, 7) is 14.3. The second kappa shape index (κ2) is 10.3. The number of nitrogens with two attached hydrogens (primary N) is 1. The molecule has 0 bridgehead atoms. The molecule has 0 atom stereocenters. The van der Waals surface area contributed by atoms with E-state index >= 15 is 0 Å². The van der Waals surface area contributed by atoms with Crippen LogP contribution in [0.3, 0.4) is 0 Å². The number of hydrogen-bond donors (Lipinski definition) is 1. The highest BCUT2D eigenvalue weighted by Crippen LogP contribution is 2.47. The Morgan fingerprint density at radius 3 is 1.70 bits per heavy atom. The van der Waals surface area contributed by atoms with Crippen LogP contribution in [0.5, 0.6) is 0 Å². The number of hydrogen-bond acceptors (Lipinski definition) is 1. The number of rotatable bonds is 4. The minimum absolute atomic E-state index is 0.0560. The van der Waals surface area contributed by atoms with E-state index in [1.807, 2.05) is 0 Å². The standard InChI is InChI=1S/C43H41N/c1-42(2,3)33-11-7-9-30(23-33)38-25-32-18-17-29-19-20-35(28-15-13-27(26-44)14-16-28)36-21-22-37(41(32)40(29)36)39(38)31-10-8-12-34(24-31)43(4,5)6/h7-25H,26,44H2,1-6H3.